The summed E-state index contributed by atoms with van der Waals surface area (Å²) in [5, 5.41) is 9.96. The number of hydrogen-bond donors (Lipinski definition) is 0. The van der Waals surface area contributed by atoms with Crippen LogP contribution in [0.1, 0.15) is 23.1 Å². The van der Waals surface area contributed by atoms with E-state index in [2.05, 4.69) is 200 Å². The fraction of sp³-hybridized carbons (Fsp3) is 0.0182. The van der Waals surface area contributed by atoms with Crippen LogP contribution in [0.2, 0.25) is 0 Å². The van der Waals surface area contributed by atoms with Gasteiger partial charge in [-0.15, -0.1) is 0 Å². The lowest BCUT2D eigenvalue weighted by atomic mass is 9.89. The van der Waals surface area contributed by atoms with Gasteiger partial charge in [-0.1, -0.05) is 182 Å². The van der Waals surface area contributed by atoms with Crippen molar-refractivity contribution in [2.75, 3.05) is 0 Å². The summed E-state index contributed by atoms with van der Waals surface area (Å²) in [5.41, 5.74) is 12.3. The third-order valence-corrected chi connectivity index (χ3v) is 11.5. The quantitative estimate of drug-likeness (QED) is 0.130. The van der Waals surface area contributed by atoms with Crippen LogP contribution in [0, 0.1) is 0 Å². The van der Waals surface area contributed by atoms with Gasteiger partial charge < -0.3 is 0 Å². The molecule has 11 rings (SSSR count). The van der Waals surface area contributed by atoms with Gasteiger partial charge in [-0.05, 0) is 107 Å². The van der Waals surface area contributed by atoms with Crippen LogP contribution in [0.25, 0.3) is 99.8 Å². The van der Waals surface area contributed by atoms with Gasteiger partial charge in [0, 0.05) is 16.7 Å². The Hall–Kier alpha value is -7.42. The van der Waals surface area contributed by atoms with Crippen molar-refractivity contribution in [1.82, 2.24) is 9.97 Å². The van der Waals surface area contributed by atoms with Gasteiger partial charge >= 0.3 is 0 Å². The maximum Gasteiger partial charge on any atom is 0.160 e. The second kappa shape index (κ2) is 13.7. The topological polar surface area (TPSA) is 25.8 Å². The second-order valence-electron chi connectivity index (χ2n) is 14.8. The van der Waals surface area contributed by atoms with Crippen molar-refractivity contribution in [3.63, 3.8) is 0 Å². The minimum absolute atomic E-state index is 0.711. The Morgan fingerprint density at radius 1 is 0.368 bits per heavy atom. The SMILES string of the molecule is C1=Cc2c(cccc2-c2cc(-c3ccc4cc(-c5c6ccccc6cc6c5ccc5ccccc56)ccc4c3)nc(-c3ccccc3)n2)C(c2ccccc2)=CC1. The molecule has 57 heavy (non-hydrogen) atoms. The molecule has 0 N–H and O–H groups in total. The molecule has 0 aliphatic heterocycles. The zero-order valence-electron chi connectivity index (χ0n) is 31.2. The van der Waals surface area contributed by atoms with Gasteiger partial charge in [0.15, 0.2) is 5.82 Å². The summed E-state index contributed by atoms with van der Waals surface area (Å²) >= 11 is 0. The molecule has 1 heterocycles. The van der Waals surface area contributed by atoms with Crippen molar-refractivity contribution >= 4 is 54.7 Å². The van der Waals surface area contributed by atoms with Gasteiger partial charge in [-0.3, -0.25) is 0 Å². The van der Waals surface area contributed by atoms with E-state index in [1.54, 1.807) is 0 Å². The van der Waals surface area contributed by atoms with E-state index in [-0.39, 0.29) is 0 Å². The molecule has 0 spiro atoms. The predicted molar refractivity (Wildman–Crippen MR) is 241 cm³/mol. The van der Waals surface area contributed by atoms with E-state index in [0.29, 0.717) is 5.82 Å². The first-order valence-electron chi connectivity index (χ1n) is 19.6. The summed E-state index contributed by atoms with van der Waals surface area (Å²) in [5.74, 6) is 0.711. The lowest BCUT2D eigenvalue weighted by Crippen LogP contribution is -1.99. The van der Waals surface area contributed by atoms with Gasteiger partial charge in [-0.2, -0.15) is 0 Å². The van der Waals surface area contributed by atoms with Crippen molar-refractivity contribution in [3.8, 4) is 45.0 Å². The van der Waals surface area contributed by atoms with Gasteiger partial charge in [-0.25, -0.2) is 9.97 Å². The number of fused-ring (bicyclic) bond motifs is 6. The molecule has 2 nitrogen and oxygen atoms in total. The molecule has 1 aliphatic rings. The molecule has 0 saturated heterocycles. The molecule has 0 saturated carbocycles. The molecule has 10 aromatic rings. The summed E-state index contributed by atoms with van der Waals surface area (Å²) < 4.78 is 0. The smallest absolute Gasteiger partial charge is 0.160 e. The van der Waals surface area contributed by atoms with Crippen LogP contribution in [0.15, 0.2) is 200 Å². The molecule has 0 amide bonds. The third-order valence-electron chi connectivity index (χ3n) is 11.5. The Bertz CT molecular complexity index is 3250. The maximum absolute atomic E-state index is 5.25. The van der Waals surface area contributed by atoms with Crippen LogP contribution in [0.3, 0.4) is 0 Å². The number of hydrogen-bond acceptors (Lipinski definition) is 2. The number of rotatable bonds is 5. The highest BCUT2D eigenvalue weighted by Gasteiger charge is 2.19. The molecule has 9 aromatic carbocycles. The lowest BCUT2D eigenvalue weighted by Gasteiger charge is -2.16. The molecule has 0 unspecified atom stereocenters. The van der Waals surface area contributed by atoms with Crippen LogP contribution in [-0.4, -0.2) is 9.97 Å². The Labute approximate surface area is 331 Å². The Morgan fingerprint density at radius 2 is 1.02 bits per heavy atom. The Kier molecular flexibility index (Phi) is 7.93. The summed E-state index contributed by atoms with van der Waals surface area (Å²) in [6.45, 7) is 0. The minimum Gasteiger partial charge on any atom is -0.228 e. The first-order chi connectivity index (χ1) is 28.2. The predicted octanol–water partition coefficient (Wildman–Crippen LogP) is 14.6. The number of nitrogens with zero attached hydrogens (tertiary/aromatic N) is 2. The summed E-state index contributed by atoms with van der Waals surface area (Å²) in [4.78, 5) is 10.5. The summed E-state index contributed by atoms with van der Waals surface area (Å²) in [7, 11) is 0. The molecule has 1 aromatic heterocycles. The lowest BCUT2D eigenvalue weighted by molar-refractivity contribution is 1.18. The highest BCUT2D eigenvalue weighted by Crippen LogP contribution is 2.41. The van der Waals surface area contributed by atoms with E-state index >= 15 is 0 Å². The fourth-order valence-corrected chi connectivity index (χ4v) is 8.72. The van der Waals surface area contributed by atoms with Crippen LogP contribution in [0.5, 0.6) is 0 Å². The highest BCUT2D eigenvalue weighted by molar-refractivity contribution is 6.20. The normalized spacial score (nSPS) is 12.5. The average Bonchev–Trinajstić information content (AvgIpc) is 3.51. The van der Waals surface area contributed by atoms with Crippen molar-refractivity contribution < 1.29 is 0 Å². The Balaban J connectivity index is 1.05. The summed E-state index contributed by atoms with van der Waals surface area (Å²) in [6.07, 6.45) is 7.71. The zero-order chi connectivity index (χ0) is 37.7. The molecule has 0 radical (unpaired) electrons. The monoisotopic (exact) mass is 724 g/mol. The van der Waals surface area contributed by atoms with Gasteiger partial charge in [0.1, 0.15) is 0 Å². The third kappa shape index (κ3) is 5.82. The van der Waals surface area contributed by atoms with Gasteiger partial charge in [0.2, 0.25) is 0 Å². The largest absolute Gasteiger partial charge is 0.228 e. The molecule has 0 atom stereocenters. The first kappa shape index (κ1) is 33.0. The van der Waals surface area contributed by atoms with Gasteiger partial charge in [0.25, 0.3) is 0 Å². The van der Waals surface area contributed by atoms with E-state index in [1.165, 1.54) is 76.5 Å². The molecule has 0 bridgehead atoms. The Morgan fingerprint density at radius 3 is 1.84 bits per heavy atom. The molecular formula is C55H36N2. The van der Waals surface area contributed by atoms with Crippen LogP contribution < -0.4 is 0 Å². The minimum atomic E-state index is 0.711. The van der Waals surface area contributed by atoms with E-state index in [0.717, 1.165) is 34.5 Å². The van der Waals surface area contributed by atoms with Crippen LogP contribution in [0.4, 0.5) is 0 Å². The molecule has 0 fully saturated rings. The van der Waals surface area contributed by atoms with Crippen molar-refractivity contribution in [2.24, 2.45) is 0 Å². The van der Waals surface area contributed by atoms with E-state index in [9.17, 15) is 0 Å². The molecule has 1 aliphatic carbocycles. The molecule has 266 valence electrons. The van der Waals surface area contributed by atoms with Crippen LogP contribution >= 0.6 is 0 Å². The molecule has 2 heteroatoms. The standard InChI is InChI=1S/C55H36N2/c1-3-14-36(15-4-1)44-20-11-12-23-48-47(44)24-13-25-49(48)53-35-52(56-55(57-53)38-17-5-2-6-18-38)42-28-26-40-33-43(29-27-39(40)32-42)54-46-22-10-8-19-41(46)34-51-45-21-9-7-16-37(45)30-31-50(51)54/h1-10,12-35H,11H2. The van der Waals surface area contributed by atoms with Crippen molar-refractivity contribution in [3.05, 3.63) is 217 Å². The maximum atomic E-state index is 5.25. The highest BCUT2D eigenvalue weighted by atomic mass is 14.9. The first-order valence-corrected chi connectivity index (χ1v) is 19.6. The van der Waals surface area contributed by atoms with Crippen molar-refractivity contribution in [1.29, 1.82) is 0 Å². The van der Waals surface area contributed by atoms with Gasteiger partial charge in [0.05, 0.1) is 11.4 Å². The number of aromatic nitrogens is 2. The van der Waals surface area contributed by atoms with E-state index < -0.39 is 0 Å². The molecular weight excluding hydrogens is 689 g/mol. The number of benzene rings is 9. The van der Waals surface area contributed by atoms with E-state index in [1.807, 2.05) is 6.07 Å². The fourth-order valence-electron chi connectivity index (χ4n) is 8.72. The second-order valence-corrected chi connectivity index (χ2v) is 14.8. The number of allylic oxidation sites excluding steroid dienone is 2. The van der Waals surface area contributed by atoms with Crippen molar-refractivity contribution in [2.45, 2.75) is 6.42 Å². The zero-order valence-corrected chi connectivity index (χ0v) is 31.2. The van der Waals surface area contributed by atoms with E-state index in [4.69, 9.17) is 9.97 Å². The average molecular weight is 725 g/mol. The van der Waals surface area contributed by atoms with Crippen LogP contribution in [-0.2, 0) is 0 Å². The summed E-state index contributed by atoms with van der Waals surface area (Å²) in [6, 6.07) is 67.7.